The highest BCUT2D eigenvalue weighted by Crippen LogP contribution is 2.53. The van der Waals surface area contributed by atoms with Crippen LogP contribution in [0.25, 0.3) is 11.6 Å². The lowest BCUT2D eigenvalue weighted by Crippen LogP contribution is -2.24. The highest BCUT2D eigenvalue weighted by molar-refractivity contribution is 7.99. The lowest BCUT2D eigenvalue weighted by atomic mass is 9.84. The van der Waals surface area contributed by atoms with Crippen molar-refractivity contribution in [2.75, 3.05) is 25.2 Å². The van der Waals surface area contributed by atoms with Crippen LogP contribution in [0.4, 0.5) is 5.69 Å². The van der Waals surface area contributed by atoms with Crippen LogP contribution in [0.5, 0.6) is 0 Å². The SMILES string of the molecule is Cc1ccc(NC(=O)CSc2nnc(-c3ccco3)n2[C@@H](C)[C@@H]2C[C@@H]3CC[C@@H]2C3)cc1S(=O)(=O)N(C)C. The predicted molar refractivity (Wildman–Crippen MR) is 143 cm³/mol. The quantitative estimate of drug-likeness (QED) is 0.385. The molecular formula is C26H33N5O4S2. The number of aromatic nitrogens is 3. The molecule has 1 N–H and O–H groups in total. The topological polar surface area (TPSA) is 110 Å². The molecule has 2 bridgehead atoms. The number of carbonyl (C=O) groups is 1. The number of benzene rings is 1. The van der Waals surface area contributed by atoms with Crippen LogP contribution in [0.1, 0.15) is 44.2 Å². The van der Waals surface area contributed by atoms with Gasteiger partial charge in [-0.25, -0.2) is 12.7 Å². The minimum Gasteiger partial charge on any atom is -0.461 e. The summed E-state index contributed by atoms with van der Waals surface area (Å²) in [5.74, 6) is 3.31. The second-order valence-electron chi connectivity index (χ2n) is 10.3. The molecule has 0 unspecified atom stereocenters. The zero-order valence-corrected chi connectivity index (χ0v) is 23.2. The number of hydrogen-bond donors (Lipinski definition) is 1. The average molecular weight is 544 g/mol. The van der Waals surface area contributed by atoms with Crippen molar-refractivity contribution >= 4 is 33.4 Å². The Balaban J connectivity index is 1.33. The number of anilines is 1. The van der Waals surface area contributed by atoms with E-state index in [-0.39, 0.29) is 22.6 Å². The number of rotatable bonds is 9. The van der Waals surface area contributed by atoms with Gasteiger partial charge in [0.25, 0.3) is 0 Å². The first-order valence-corrected chi connectivity index (χ1v) is 15.0. The van der Waals surface area contributed by atoms with Gasteiger partial charge in [0.1, 0.15) is 0 Å². The van der Waals surface area contributed by atoms with Crippen LogP contribution in [-0.2, 0) is 14.8 Å². The molecule has 2 aliphatic rings. The molecule has 1 amide bonds. The minimum atomic E-state index is -3.62. The molecule has 0 radical (unpaired) electrons. The van der Waals surface area contributed by atoms with Crippen molar-refractivity contribution in [2.45, 2.75) is 55.6 Å². The lowest BCUT2D eigenvalue weighted by molar-refractivity contribution is -0.113. The highest BCUT2D eigenvalue weighted by Gasteiger charge is 2.43. The number of nitrogens with one attached hydrogen (secondary N) is 1. The Labute approximate surface area is 222 Å². The normalized spacial score (nSPS) is 22.0. The molecule has 3 aromatic rings. The van der Waals surface area contributed by atoms with E-state index in [2.05, 4.69) is 27.0 Å². The molecule has 9 nitrogen and oxygen atoms in total. The first-order chi connectivity index (χ1) is 17.6. The third kappa shape index (κ3) is 5.08. The second kappa shape index (κ2) is 10.3. The van der Waals surface area contributed by atoms with Crippen molar-refractivity contribution in [2.24, 2.45) is 17.8 Å². The fourth-order valence-corrected chi connectivity index (χ4v) is 7.84. The molecule has 2 saturated carbocycles. The zero-order chi connectivity index (χ0) is 26.3. The van der Waals surface area contributed by atoms with E-state index < -0.39 is 10.0 Å². The van der Waals surface area contributed by atoms with E-state index in [1.807, 2.05) is 12.1 Å². The van der Waals surface area contributed by atoms with E-state index in [4.69, 9.17) is 4.42 Å². The minimum absolute atomic E-state index is 0.114. The molecule has 1 aromatic carbocycles. The first kappa shape index (κ1) is 26.0. The van der Waals surface area contributed by atoms with E-state index in [9.17, 15) is 13.2 Å². The summed E-state index contributed by atoms with van der Waals surface area (Å²) in [5.41, 5.74) is 1.05. The van der Waals surface area contributed by atoms with Gasteiger partial charge >= 0.3 is 0 Å². The van der Waals surface area contributed by atoms with Gasteiger partial charge in [0, 0.05) is 25.8 Å². The second-order valence-corrected chi connectivity index (χ2v) is 13.4. The predicted octanol–water partition coefficient (Wildman–Crippen LogP) is 4.82. The summed E-state index contributed by atoms with van der Waals surface area (Å²) < 4.78 is 34.2. The summed E-state index contributed by atoms with van der Waals surface area (Å²) in [7, 11) is -0.646. The zero-order valence-electron chi connectivity index (χ0n) is 21.5. The van der Waals surface area contributed by atoms with Crippen LogP contribution < -0.4 is 5.32 Å². The van der Waals surface area contributed by atoms with E-state index in [1.165, 1.54) is 57.6 Å². The number of hydrogen-bond acceptors (Lipinski definition) is 7. The number of thioether (sulfide) groups is 1. The maximum atomic E-state index is 12.9. The number of amides is 1. The largest absolute Gasteiger partial charge is 0.461 e. The third-order valence-electron chi connectivity index (χ3n) is 7.79. The van der Waals surface area contributed by atoms with Gasteiger partial charge in [-0.2, -0.15) is 0 Å². The van der Waals surface area contributed by atoms with Crippen LogP contribution in [0.3, 0.4) is 0 Å². The van der Waals surface area contributed by atoms with Crippen LogP contribution in [0, 0.1) is 24.7 Å². The first-order valence-electron chi connectivity index (χ1n) is 12.6. The molecule has 11 heteroatoms. The van der Waals surface area contributed by atoms with E-state index in [1.54, 1.807) is 25.3 Å². The van der Waals surface area contributed by atoms with Gasteiger partial charge in [-0.1, -0.05) is 24.2 Å². The Morgan fingerprint density at radius 1 is 1.24 bits per heavy atom. The summed E-state index contributed by atoms with van der Waals surface area (Å²) in [4.78, 5) is 13.0. The maximum absolute atomic E-state index is 12.9. The fourth-order valence-electron chi connectivity index (χ4n) is 5.87. The molecule has 2 aromatic heterocycles. The molecule has 4 atom stereocenters. The van der Waals surface area contributed by atoms with Crippen LogP contribution >= 0.6 is 11.8 Å². The maximum Gasteiger partial charge on any atom is 0.242 e. The number of aryl methyl sites for hydroxylation is 1. The van der Waals surface area contributed by atoms with Crippen LogP contribution in [0.2, 0.25) is 0 Å². The molecular weight excluding hydrogens is 510 g/mol. The molecule has 2 aliphatic carbocycles. The number of carbonyl (C=O) groups excluding carboxylic acids is 1. The molecule has 2 heterocycles. The molecule has 37 heavy (non-hydrogen) atoms. The Bertz CT molecular complexity index is 1380. The Morgan fingerprint density at radius 2 is 2.05 bits per heavy atom. The van der Waals surface area contributed by atoms with Gasteiger partial charge in [-0.3, -0.25) is 9.36 Å². The summed E-state index contributed by atoms with van der Waals surface area (Å²) in [6.45, 7) is 3.96. The molecule has 5 rings (SSSR count). The van der Waals surface area contributed by atoms with Gasteiger partial charge in [-0.05, 0) is 80.7 Å². The third-order valence-corrected chi connectivity index (χ3v) is 10.7. The van der Waals surface area contributed by atoms with Gasteiger partial charge in [0.2, 0.25) is 21.8 Å². The molecule has 0 aliphatic heterocycles. The lowest BCUT2D eigenvalue weighted by Gasteiger charge is -2.30. The number of fused-ring (bicyclic) bond motifs is 2. The van der Waals surface area contributed by atoms with Crippen LogP contribution in [0.15, 0.2) is 51.1 Å². The summed E-state index contributed by atoms with van der Waals surface area (Å²) in [6, 6.07) is 8.81. The van der Waals surface area contributed by atoms with E-state index in [0.717, 1.165) is 16.1 Å². The Kier molecular flexibility index (Phi) is 7.21. The molecule has 0 saturated heterocycles. The van der Waals surface area contributed by atoms with Crippen molar-refractivity contribution in [3.63, 3.8) is 0 Å². The van der Waals surface area contributed by atoms with Gasteiger partial charge in [0.15, 0.2) is 10.9 Å². The van der Waals surface area contributed by atoms with Crippen molar-refractivity contribution < 1.29 is 17.6 Å². The Morgan fingerprint density at radius 3 is 2.70 bits per heavy atom. The molecule has 2 fully saturated rings. The standard InChI is InChI=1S/C26H33N5O4S2/c1-16-7-10-20(14-23(16)37(33,34)30(3)4)27-24(32)15-36-26-29-28-25(22-6-5-11-35-22)31(26)17(2)21-13-18-8-9-19(21)12-18/h5-7,10-11,14,17-19,21H,8-9,12-13,15H2,1-4H3,(H,27,32)/t17-,18+,19+,21-/m0/s1. The van der Waals surface area contributed by atoms with Crippen molar-refractivity contribution in [1.29, 1.82) is 0 Å². The summed E-state index contributed by atoms with van der Waals surface area (Å²) in [5, 5.41) is 12.4. The average Bonchev–Trinajstić information content (AvgIpc) is 3.67. The number of nitrogens with zero attached hydrogens (tertiary/aromatic N) is 4. The highest BCUT2D eigenvalue weighted by atomic mass is 32.2. The fraction of sp³-hybridized carbons (Fsp3) is 0.500. The van der Waals surface area contributed by atoms with E-state index in [0.29, 0.717) is 33.9 Å². The number of sulfonamides is 1. The monoisotopic (exact) mass is 543 g/mol. The molecule has 0 spiro atoms. The summed E-state index contributed by atoms with van der Waals surface area (Å²) in [6.07, 6.45) is 6.77. The van der Waals surface area contributed by atoms with Crippen molar-refractivity contribution in [3.8, 4) is 11.6 Å². The van der Waals surface area contributed by atoms with Gasteiger partial charge in [-0.15, -0.1) is 10.2 Å². The smallest absolute Gasteiger partial charge is 0.242 e. The van der Waals surface area contributed by atoms with Crippen molar-refractivity contribution in [1.82, 2.24) is 19.1 Å². The Hall–Kier alpha value is -2.63. The number of furan rings is 1. The van der Waals surface area contributed by atoms with E-state index >= 15 is 0 Å². The van der Waals surface area contributed by atoms with Crippen LogP contribution in [-0.4, -0.2) is 53.2 Å². The van der Waals surface area contributed by atoms with Gasteiger partial charge < -0.3 is 9.73 Å². The summed E-state index contributed by atoms with van der Waals surface area (Å²) >= 11 is 1.33. The van der Waals surface area contributed by atoms with Crippen molar-refractivity contribution in [3.05, 3.63) is 42.2 Å². The van der Waals surface area contributed by atoms with Gasteiger partial charge in [0.05, 0.1) is 16.9 Å². The molecule has 198 valence electrons.